The van der Waals surface area contributed by atoms with Gasteiger partial charge in [0.15, 0.2) is 11.6 Å². The van der Waals surface area contributed by atoms with Gasteiger partial charge in [-0.3, -0.25) is 0 Å². The Morgan fingerprint density at radius 1 is 1.21 bits per heavy atom. The predicted octanol–water partition coefficient (Wildman–Crippen LogP) is 3.92. The maximum atomic E-state index is 13.6. The molecule has 0 aromatic heterocycles. The van der Waals surface area contributed by atoms with Crippen molar-refractivity contribution in [2.75, 3.05) is 7.11 Å². The van der Waals surface area contributed by atoms with E-state index in [-0.39, 0.29) is 17.6 Å². The summed E-state index contributed by atoms with van der Waals surface area (Å²) in [5, 5.41) is 0. The minimum absolute atomic E-state index is 0.104. The van der Waals surface area contributed by atoms with Crippen molar-refractivity contribution in [2.24, 2.45) is 11.7 Å². The summed E-state index contributed by atoms with van der Waals surface area (Å²) in [6.07, 6.45) is 5.32. The van der Waals surface area contributed by atoms with Crippen LogP contribution < -0.4 is 10.5 Å². The number of nitrogens with two attached hydrogens (primary N) is 1. The first-order valence-electron chi connectivity index (χ1n) is 7.20. The molecule has 108 valence electrons. The van der Waals surface area contributed by atoms with E-state index in [9.17, 15) is 4.39 Å². The van der Waals surface area contributed by atoms with Crippen LogP contribution in [-0.4, -0.2) is 13.2 Å². The van der Waals surface area contributed by atoms with Crippen LogP contribution in [0.5, 0.6) is 5.75 Å². The second kappa shape index (κ2) is 8.16. The summed E-state index contributed by atoms with van der Waals surface area (Å²) in [7, 11) is 1.47. The van der Waals surface area contributed by atoms with Gasteiger partial charge in [-0.05, 0) is 42.9 Å². The van der Waals surface area contributed by atoms with Gasteiger partial charge in [0, 0.05) is 6.04 Å². The van der Waals surface area contributed by atoms with Crippen molar-refractivity contribution >= 4 is 0 Å². The quantitative estimate of drug-likeness (QED) is 0.774. The van der Waals surface area contributed by atoms with E-state index in [0.29, 0.717) is 5.92 Å². The number of rotatable bonds is 8. The number of halogens is 1. The SMILES string of the molecule is CCCC(CCC)C(N)Cc1ccc(OC)c(F)c1. The van der Waals surface area contributed by atoms with Crippen LogP contribution in [0.1, 0.15) is 45.1 Å². The minimum atomic E-state index is -0.310. The van der Waals surface area contributed by atoms with Gasteiger partial charge in [-0.1, -0.05) is 32.8 Å². The lowest BCUT2D eigenvalue weighted by Gasteiger charge is -2.23. The van der Waals surface area contributed by atoms with Gasteiger partial charge in [0.2, 0.25) is 0 Å². The molecule has 0 bridgehead atoms. The Bertz CT molecular complexity index is 375. The molecule has 0 saturated heterocycles. The fourth-order valence-corrected chi connectivity index (χ4v) is 2.59. The van der Waals surface area contributed by atoms with Crippen LogP contribution in [0.15, 0.2) is 18.2 Å². The van der Waals surface area contributed by atoms with E-state index in [2.05, 4.69) is 13.8 Å². The van der Waals surface area contributed by atoms with E-state index >= 15 is 0 Å². The molecule has 1 rings (SSSR count). The smallest absolute Gasteiger partial charge is 0.165 e. The molecule has 1 atom stereocenters. The lowest BCUT2D eigenvalue weighted by Crippen LogP contribution is -2.32. The van der Waals surface area contributed by atoms with Crippen LogP contribution >= 0.6 is 0 Å². The number of benzene rings is 1. The van der Waals surface area contributed by atoms with E-state index in [4.69, 9.17) is 10.5 Å². The molecule has 0 fully saturated rings. The van der Waals surface area contributed by atoms with E-state index in [0.717, 1.165) is 37.7 Å². The molecule has 1 unspecified atom stereocenters. The third-order valence-electron chi connectivity index (χ3n) is 3.61. The Morgan fingerprint density at radius 3 is 2.32 bits per heavy atom. The second-order valence-electron chi connectivity index (χ2n) is 5.17. The first kappa shape index (κ1) is 16.0. The van der Waals surface area contributed by atoms with Gasteiger partial charge in [0.1, 0.15) is 0 Å². The monoisotopic (exact) mass is 267 g/mol. The molecule has 0 aliphatic carbocycles. The Labute approximate surface area is 116 Å². The summed E-state index contributed by atoms with van der Waals surface area (Å²) in [5.74, 6) is 0.505. The van der Waals surface area contributed by atoms with Crippen molar-refractivity contribution in [3.05, 3.63) is 29.6 Å². The standard InChI is InChI=1S/C16H26FNO/c1-4-6-13(7-5-2)15(18)11-12-8-9-16(19-3)14(17)10-12/h8-10,13,15H,4-7,11,18H2,1-3H3. The lowest BCUT2D eigenvalue weighted by atomic mass is 9.87. The van der Waals surface area contributed by atoms with Crippen molar-refractivity contribution in [2.45, 2.75) is 52.0 Å². The third kappa shape index (κ3) is 4.83. The van der Waals surface area contributed by atoms with Crippen molar-refractivity contribution in [3.8, 4) is 5.75 Å². The molecular weight excluding hydrogens is 241 g/mol. The van der Waals surface area contributed by atoms with Crippen molar-refractivity contribution in [1.29, 1.82) is 0 Å². The Morgan fingerprint density at radius 2 is 1.84 bits per heavy atom. The Kier molecular flexibility index (Phi) is 6.85. The van der Waals surface area contributed by atoms with Crippen LogP contribution in [0, 0.1) is 11.7 Å². The molecule has 0 spiro atoms. The summed E-state index contributed by atoms with van der Waals surface area (Å²) in [6, 6.07) is 5.21. The van der Waals surface area contributed by atoms with E-state index in [1.807, 2.05) is 6.07 Å². The molecule has 0 saturated carbocycles. The minimum Gasteiger partial charge on any atom is -0.494 e. The average Bonchev–Trinajstić information content (AvgIpc) is 2.38. The summed E-state index contributed by atoms with van der Waals surface area (Å²) >= 11 is 0. The number of methoxy groups -OCH3 is 1. The summed E-state index contributed by atoms with van der Waals surface area (Å²) < 4.78 is 18.6. The molecule has 1 aromatic carbocycles. The highest BCUT2D eigenvalue weighted by atomic mass is 19.1. The van der Waals surface area contributed by atoms with E-state index < -0.39 is 0 Å². The highest BCUT2D eigenvalue weighted by Gasteiger charge is 2.17. The Balaban J connectivity index is 2.68. The summed E-state index contributed by atoms with van der Waals surface area (Å²) in [4.78, 5) is 0. The molecule has 1 aromatic rings. The Hall–Kier alpha value is -1.09. The van der Waals surface area contributed by atoms with Crippen molar-refractivity contribution < 1.29 is 9.13 Å². The maximum absolute atomic E-state index is 13.6. The molecule has 2 nitrogen and oxygen atoms in total. The van der Waals surface area contributed by atoms with Gasteiger partial charge >= 0.3 is 0 Å². The second-order valence-corrected chi connectivity index (χ2v) is 5.17. The molecule has 0 heterocycles. The molecule has 0 amide bonds. The molecule has 0 radical (unpaired) electrons. The number of ether oxygens (including phenoxy) is 1. The fourth-order valence-electron chi connectivity index (χ4n) is 2.59. The summed E-state index contributed by atoms with van der Waals surface area (Å²) in [6.45, 7) is 4.37. The van der Waals surface area contributed by atoms with E-state index in [1.165, 1.54) is 13.2 Å². The molecule has 2 N–H and O–H groups in total. The van der Waals surface area contributed by atoms with Gasteiger partial charge in [0.05, 0.1) is 7.11 Å². The van der Waals surface area contributed by atoms with Crippen LogP contribution in [0.2, 0.25) is 0 Å². The van der Waals surface area contributed by atoms with Gasteiger partial charge in [-0.15, -0.1) is 0 Å². The van der Waals surface area contributed by atoms with Crippen LogP contribution in [-0.2, 0) is 6.42 Å². The van der Waals surface area contributed by atoms with Crippen LogP contribution in [0.25, 0.3) is 0 Å². The maximum Gasteiger partial charge on any atom is 0.165 e. The van der Waals surface area contributed by atoms with Gasteiger partial charge in [-0.2, -0.15) is 0 Å². The van der Waals surface area contributed by atoms with Crippen LogP contribution in [0.4, 0.5) is 4.39 Å². The zero-order valence-corrected chi connectivity index (χ0v) is 12.3. The zero-order chi connectivity index (χ0) is 14.3. The van der Waals surface area contributed by atoms with Crippen molar-refractivity contribution in [3.63, 3.8) is 0 Å². The molecule has 0 aliphatic rings. The van der Waals surface area contributed by atoms with Gasteiger partial charge < -0.3 is 10.5 Å². The molecule has 19 heavy (non-hydrogen) atoms. The third-order valence-corrected chi connectivity index (χ3v) is 3.61. The van der Waals surface area contributed by atoms with Crippen LogP contribution in [0.3, 0.4) is 0 Å². The first-order valence-corrected chi connectivity index (χ1v) is 7.20. The lowest BCUT2D eigenvalue weighted by molar-refractivity contribution is 0.358. The van der Waals surface area contributed by atoms with E-state index in [1.54, 1.807) is 6.07 Å². The first-order chi connectivity index (χ1) is 9.12. The summed E-state index contributed by atoms with van der Waals surface area (Å²) in [5.41, 5.74) is 7.24. The fraction of sp³-hybridized carbons (Fsp3) is 0.625. The van der Waals surface area contributed by atoms with Crippen molar-refractivity contribution in [1.82, 2.24) is 0 Å². The average molecular weight is 267 g/mol. The topological polar surface area (TPSA) is 35.2 Å². The zero-order valence-electron chi connectivity index (χ0n) is 12.3. The number of hydrogen-bond donors (Lipinski definition) is 1. The largest absolute Gasteiger partial charge is 0.494 e. The number of hydrogen-bond acceptors (Lipinski definition) is 2. The van der Waals surface area contributed by atoms with Gasteiger partial charge in [-0.25, -0.2) is 4.39 Å². The molecule has 3 heteroatoms. The molecule has 0 aliphatic heterocycles. The van der Waals surface area contributed by atoms with Gasteiger partial charge in [0.25, 0.3) is 0 Å². The predicted molar refractivity (Wildman–Crippen MR) is 77.9 cm³/mol. The molecular formula is C16H26FNO. The highest BCUT2D eigenvalue weighted by Crippen LogP contribution is 2.22. The normalized spacial score (nSPS) is 12.7. The highest BCUT2D eigenvalue weighted by molar-refractivity contribution is 5.29.